The highest BCUT2D eigenvalue weighted by Gasteiger charge is 2.63. The summed E-state index contributed by atoms with van der Waals surface area (Å²) in [4.78, 5) is 11.3. The number of thioether (sulfide) groups is 1. The number of rotatable bonds is 6. The van der Waals surface area contributed by atoms with Crippen molar-refractivity contribution in [2.75, 3.05) is 18.6 Å². The summed E-state index contributed by atoms with van der Waals surface area (Å²) in [6.45, 7) is 2.12. The summed E-state index contributed by atoms with van der Waals surface area (Å²) >= 11 is 1.51. The van der Waals surface area contributed by atoms with E-state index in [2.05, 4.69) is 0 Å². The minimum Gasteiger partial charge on any atom is -0.353 e. The minimum atomic E-state index is -5.19. The van der Waals surface area contributed by atoms with Gasteiger partial charge in [-0.05, 0) is 18.4 Å². The van der Waals surface area contributed by atoms with Crippen LogP contribution in [0.3, 0.4) is 0 Å². The molecule has 0 aromatic carbocycles. The molecule has 2 nitrogen and oxygen atoms in total. The van der Waals surface area contributed by atoms with E-state index >= 15 is 0 Å². The Morgan fingerprint density at radius 1 is 1.29 bits per heavy atom. The molecule has 0 radical (unpaired) electrons. The highest BCUT2D eigenvalue weighted by Crippen LogP contribution is 2.39. The van der Waals surface area contributed by atoms with E-state index in [1.165, 1.54) is 11.8 Å². The molecule has 0 spiro atoms. The first-order valence-electron chi connectivity index (χ1n) is 5.20. The van der Waals surface area contributed by atoms with E-state index in [9.17, 15) is 22.4 Å². The molecular weight excluding hydrogens is 258 g/mol. The monoisotopic (exact) mass is 275 g/mol. The Labute approximate surface area is 103 Å². The molecule has 0 fully saturated rings. The van der Waals surface area contributed by atoms with Gasteiger partial charge in [0, 0.05) is 12.5 Å². The Morgan fingerprint density at radius 2 is 1.82 bits per heavy atom. The van der Waals surface area contributed by atoms with Gasteiger partial charge in [-0.15, -0.1) is 0 Å². The fourth-order valence-electron chi connectivity index (χ4n) is 1.27. The molecule has 102 valence electrons. The Balaban J connectivity index is 4.58. The summed E-state index contributed by atoms with van der Waals surface area (Å²) < 4.78 is 51.4. The number of halogens is 4. The molecule has 0 heterocycles. The van der Waals surface area contributed by atoms with Gasteiger partial charge in [-0.2, -0.15) is 24.9 Å². The SMILES string of the molecule is CSCCCNC(=O)C(F)(C(C)C)C(F)(F)F. The average molecular weight is 275 g/mol. The highest BCUT2D eigenvalue weighted by molar-refractivity contribution is 7.98. The average Bonchev–Trinajstić information content (AvgIpc) is 2.20. The third-order valence-electron chi connectivity index (χ3n) is 2.35. The van der Waals surface area contributed by atoms with E-state index in [4.69, 9.17) is 0 Å². The van der Waals surface area contributed by atoms with Gasteiger partial charge in [0.15, 0.2) is 0 Å². The van der Waals surface area contributed by atoms with E-state index in [-0.39, 0.29) is 6.54 Å². The summed E-state index contributed by atoms with van der Waals surface area (Å²) in [5.41, 5.74) is -3.81. The molecule has 0 bridgehead atoms. The molecule has 0 saturated heterocycles. The van der Waals surface area contributed by atoms with Gasteiger partial charge >= 0.3 is 6.18 Å². The molecule has 0 aliphatic rings. The summed E-state index contributed by atoms with van der Waals surface area (Å²) in [6.07, 6.45) is -2.84. The number of nitrogens with one attached hydrogen (secondary N) is 1. The van der Waals surface area contributed by atoms with E-state index in [1.54, 1.807) is 0 Å². The van der Waals surface area contributed by atoms with Gasteiger partial charge < -0.3 is 5.32 Å². The molecule has 1 unspecified atom stereocenters. The smallest absolute Gasteiger partial charge is 0.353 e. The summed E-state index contributed by atoms with van der Waals surface area (Å²) in [6, 6.07) is 0. The van der Waals surface area contributed by atoms with Crippen molar-refractivity contribution in [3.05, 3.63) is 0 Å². The van der Waals surface area contributed by atoms with Crippen LogP contribution in [0.15, 0.2) is 0 Å². The molecule has 17 heavy (non-hydrogen) atoms. The molecule has 0 saturated carbocycles. The predicted molar refractivity (Wildman–Crippen MR) is 60.7 cm³/mol. The van der Waals surface area contributed by atoms with Crippen molar-refractivity contribution in [1.29, 1.82) is 0 Å². The maximum absolute atomic E-state index is 13.8. The van der Waals surface area contributed by atoms with Crippen LogP contribution >= 0.6 is 11.8 Å². The van der Waals surface area contributed by atoms with Crippen LogP contribution in [0.1, 0.15) is 20.3 Å². The standard InChI is InChI=1S/C10H17F4NOS/c1-7(2)9(11,10(12,13)14)8(16)15-5-4-6-17-3/h7H,4-6H2,1-3H3,(H,15,16). The zero-order valence-electron chi connectivity index (χ0n) is 10.0. The fourth-order valence-corrected chi connectivity index (χ4v) is 1.70. The van der Waals surface area contributed by atoms with Crippen molar-refractivity contribution in [2.24, 2.45) is 5.92 Å². The van der Waals surface area contributed by atoms with Gasteiger partial charge in [0.25, 0.3) is 11.6 Å². The lowest BCUT2D eigenvalue weighted by Gasteiger charge is -2.30. The van der Waals surface area contributed by atoms with Crippen LogP contribution in [0.25, 0.3) is 0 Å². The lowest BCUT2D eigenvalue weighted by atomic mass is 9.90. The Bertz CT molecular complexity index is 257. The zero-order chi connectivity index (χ0) is 13.7. The maximum Gasteiger partial charge on any atom is 0.431 e. The largest absolute Gasteiger partial charge is 0.431 e. The predicted octanol–water partition coefficient (Wildman–Crippen LogP) is 2.78. The quantitative estimate of drug-likeness (QED) is 0.596. The third-order valence-corrected chi connectivity index (χ3v) is 3.05. The van der Waals surface area contributed by atoms with Gasteiger partial charge in [0.2, 0.25) is 0 Å². The van der Waals surface area contributed by atoms with E-state index < -0.39 is 23.7 Å². The molecule has 0 rings (SSSR count). The van der Waals surface area contributed by atoms with Crippen molar-refractivity contribution in [3.63, 3.8) is 0 Å². The molecule has 0 aromatic heterocycles. The number of carbonyl (C=O) groups is 1. The second kappa shape index (κ2) is 6.47. The minimum absolute atomic E-state index is 0.0497. The van der Waals surface area contributed by atoms with Crippen LogP contribution in [-0.4, -0.2) is 36.3 Å². The zero-order valence-corrected chi connectivity index (χ0v) is 10.8. The topological polar surface area (TPSA) is 29.1 Å². The number of alkyl halides is 4. The van der Waals surface area contributed by atoms with Gasteiger partial charge in [-0.25, -0.2) is 4.39 Å². The molecule has 7 heteroatoms. The van der Waals surface area contributed by atoms with Crippen molar-refractivity contribution >= 4 is 17.7 Å². The molecule has 1 N–H and O–H groups in total. The van der Waals surface area contributed by atoms with Crippen LogP contribution in [0.5, 0.6) is 0 Å². The van der Waals surface area contributed by atoms with Gasteiger partial charge in [0.1, 0.15) is 0 Å². The number of hydrogen-bond acceptors (Lipinski definition) is 2. The molecule has 1 atom stereocenters. The molecular formula is C10H17F4NOS. The van der Waals surface area contributed by atoms with Crippen LogP contribution in [0, 0.1) is 5.92 Å². The van der Waals surface area contributed by atoms with Gasteiger partial charge in [-0.1, -0.05) is 13.8 Å². The first kappa shape index (κ1) is 16.5. The summed E-state index contributed by atoms with van der Waals surface area (Å²) in [5.74, 6) is -2.35. The Kier molecular flexibility index (Phi) is 6.29. The van der Waals surface area contributed by atoms with Crippen molar-refractivity contribution in [2.45, 2.75) is 32.1 Å². The maximum atomic E-state index is 13.8. The van der Waals surface area contributed by atoms with Crippen LogP contribution in [-0.2, 0) is 4.79 Å². The lowest BCUT2D eigenvalue weighted by molar-refractivity contribution is -0.238. The van der Waals surface area contributed by atoms with E-state index in [1.807, 2.05) is 11.6 Å². The van der Waals surface area contributed by atoms with Gasteiger partial charge in [-0.3, -0.25) is 4.79 Å². The van der Waals surface area contributed by atoms with E-state index in [0.717, 1.165) is 13.8 Å². The summed E-state index contributed by atoms with van der Waals surface area (Å²) in [5, 5.41) is 2.00. The van der Waals surface area contributed by atoms with Crippen LogP contribution in [0.2, 0.25) is 0 Å². The molecule has 0 aromatic rings. The normalized spacial score (nSPS) is 15.8. The highest BCUT2D eigenvalue weighted by atomic mass is 32.2. The number of carbonyl (C=O) groups excluding carboxylic acids is 1. The fraction of sp³-hybridized carbons (Fsp3) is 0.900. The van der Waals surface area contributed by atoms with Crippen LogP contribution in [0.4, 0.5) is 17.6 Å². The number of amides is 1. The Morgan fingerprint density at radius 3 is 2.18 bits per heavy atom. The van der Waals surface area contributed by atoms with Crippen LogP contribution < -0.4 is 5.32 Å². The molecule has 0 aliphatic heterocycles. The third kappa shape index (κ3) is 4.04. The van der Waals surface area contributed by atoms with Crippen molar-refractivity contribution in [1.82, 2.24) is 5.32 Å². The summed E-state index contributed by atoms with van der Waals surface area (Å²) in [7, 11) is 0. The van der Waals surface area contributed by atoms with E-state index in [0.29, 0.717) is 12.2 Å². The first-order valence-corrected chi connectivity index (χ1v) is 6.60. The van der Waals surface area contributed by atoms with Crippen molar-refractivity contribution in [3.8, 4) is 0 Å². The Hall–Kier alpha value is -0.460. The van der Waals surface area contributed by atoms with Crippen molar-refractivity contribution < 1.29 is 22.4 Å². The second-order valence-corrected chi connectivity index (χ2v) is 4.95. The number of hydrogen-bond donors (Lipinski definition) is 1. The lowest BCUT2D eigenvalue weighted by Crippen LogP contribution is -2.57. The first-order chi connectivity index (χ1) is 7.67. The van der Waals surface area contributed by atoms with Gasteiger partial charge in [0.05, 0.1) is 0 Å². The molecule has 1 amide bonds. The second-order valence-electron chi connectivity index (χ2n) is 3.97. The molecule has 0 aliphatic carbocycles.